The molecule has 0 saturated heterocycles. The van der Waals surface area contributed by atoms with Crippen molar-refractivity contribution in [2.24, 2.45) is 5.84 Å². The molecule has 104 valence electrons. The van der Waals surface area contributed by atoms with Gasteiger partial charge in [0.1, 0.15) is 11.5 Å². The number of amides is 1. The molecule has 2 aromatic rings. The second-order valence-corrected chi connectivity index (χ2v) is 4.59. The molecule has 2 rings (SSSR count). The van der Waals surface area contributed by atoms with Gasteiger partial charge in [-0.1, -0.05) is 30.7 Å². The number of nitrogens with two attached hydrogens (primary N) is 1. The zero-order valence-corrected chi connectivity index (χ0v) is 11.7. The normalized spacial score (nSPS) is 10.2. The van der Waals surface area contributed by atoms with Gasteiger partial charge >= 0.3 is 0 Å². The van der Waals surface area contributed by atoms with Crippen molar-refractivity contribution in [2.75, 3.05) is 10.7 Å². The summed E-state index contributed by atoms with van der Waals surface area (Å²) in [5, 5.41) is 3.04. The Hall–Kier alpha value is -2.11. The van der Waals surface area contributed by atoms with Crippen LogP contribution in [0.3, 0.4) is 0 Å². The molecule has 0 aliphatic rings. The number of hydrogen-bond acceptors (Lipinski definition) is 4. The van der Waals surface area contributed by atoms with Crippen LogP contribution >= 0.6 is 11.6 Å². The first-order valence-electron chi connectivity index (χ1n) is 6.17. The number of carbonyl (C=O) groups excluding carboxylic acids is 1. The molecular weight excluding hydrogens is 276 g/mol. The van der Waals surface area contributed by atoms with Crippen LogP contribution in [-0.4, -0.2) is 10.9 Å². The molecule has 20 heavy (non-hydrogen) atoms. The van der Waals surface area contributed by atoms with Crippen molar-refractivity contribution >= 4 is 29.0 Å². The minimum atomic E-state index is -0.375. The maximum absolute atomic E-state index is 12.2. The zero-order valence-electron chi connectivity index (χ0n) is 11.0. The van der Waals surface area contributed by atoms with Gasteiger partial charge in [-0.3, -0.25) is 4.79 Å². The van der Waals surface area contributed by atoms with Crippen molar-refractivity contribution in [3.8, 4) is 0 Å². The molecule has 0 saturated carbocycles. The summed E-state index contributed by atoms with van der Waals surface area (Å²) in [6.45, 7) is 2.05. The van der Waals surface area contributed by atoms with Gasteiger partial charge in [0, 0.05) is 5.69 Å². The number of nitrogens with one attached hydrogen (secondary N) is 2. The van der Waals surface area contributed by atoms with E-state index in [0.717, 1.165) is 12.0 Å². The molecule has 1 aromatic heterocycles. The molecule has 0 spiro atoms. The average Bonchev–Trinajstić information content (AvgIpc) is 2.47. The molecule has 5 nitrogen and oxygen atoms in total. The number of aromatic nitrogens is 1. The number of carbonyl (C=O) groups is 1. The third-order valence-electron chi connectivity index (χ3n) is 2.80. The van der Waals surface area contributed by atoms with Gasteiger partial charge in [-0.15, -0.1) is 0 Å². The Morgan fingerprint density at radius 2 is 2.15 bits per heavy atom. The lowest BCUT2D eigenvalue weighted by atomic mass is 10.1. The van der Waals surface area contributed by atoms with Crippen LogP contribution in [-0.2, 0) is 6.42 Å². The van der Waals surface area contributed by atoms with Crippen LogP contribution in [0.2, 0.25) is 5.02 Å². The number of halogens is 1. The Kier molecular flexibility index (Phi) is 4.55. The fourth-order valence-corrected chi connectivity index (χ4v) is 1.93. The number of anilines is 2. The number of pyridine rings is 1. The predicted octanol–water partition coefficient (Wildman–Crippen LogP) is 2.84. The lowest BCUT2D eigenvalue weighted by Gasteiger charge is -2.08. The van der Waals surface area contributed by atoms with Crippen LogP contribution in [0.4, 0.5) is 11.5 Å². The second kappa shape index (κ2) is 6.36. The summed E-state index contributed by atoms with van der Waals surface area (Å²) in [6.07, 6.45) is 0.898. The van der Waals surface area contributed by atoms with E-state index < -0.39 is 0 Å². The number of benzene rings is 1. The van der Waals surface area contributed by atoms with E-state index in [4.69, 9.17) is 17.4 Å². The number of nitrogens with zero attached hydrogens (tertiary/aromatic N) is 1. The largest absolute Gasteiger partial charge is 0.321 e. The van der Waals surface area contributed by atoms with Gasteiger partial charge in [-0.05, 0) is 36.2 Å². The monoisotopic (exact) mass is 290 g/mol. The third-order valence-corrected chi connectivity index (χ3v) is 3.11. The molecule has 0 radical (unpaired) electrons. The van der Waals surface area contributed by atoms with Crippen LogP contribution < -0.4 is 16.6 Å². The first-order valence-corrected chi connectivity index (χ1v) is 6.55. The molecule has 0 unspecified atom stereocenters. The number of hydrogen-bond donors (Lipinski definition) is 3. The highest BCUT2D eigenvalue weighted by Crippen LogP contribution is 2.18. The van der Waals surface area contributed by atoms with E-state index >= 15 is 0 Å². The van der Waals surface area contributed by atoms with Gasteiger partial charge in [0.25, 0.3) is 5.91 Å². The van der Waals surface area contributed by atoms with E-state index in [1.54, 1.807) is 12.1 Å². The maximum atomic E-state index is 12.2. The van der Waals surface area contributed by atoms with Crippen LogP contribution in [0.1, 0.15) is 23.0 Å². The summed E-state index contributed by atoms with van der Waals surface area (Å²) >= 11 is 5.98. The Balaban J connectivity index is 2.23. The van der Waals surface area contributed by atoms with Crippen LogP contribution in [0, 0.1) is 0 Å². The Morgan fingerprint density at radius 3 is 2.85 bits per heavy atom. The highest BCUT2D eigenvalue weighted by molar-refractivity contribution is 6.34. The maximum Gasteiger partial charge on any atom is 0.275 e. The molecule has 0 bridgehead atoms. The van der Waals surface area contributed by atoms with E-state index in [-0.39, 0.29) is 16.6 Å². The quantitative estimate of drug-likeness (QED) is 0.597. The minimum absolute atomic E-state index is 0.129. The minimum Gasteiger partial charge on any atom is -0.321 e. The highest BCUT2D eigenvalue weighted by atomic mass is 35.5. The smallest absolute Gasteiger partial charge is 0.275 e. The Labute approximate surface area is 122 Å². The van der Waals surface area contributed by atoms with Gasteiger partial charge in [-0.2, -0.15) is 0 Å². The average molecular weight is 291 g/mol. The Bertz CT molecular complexity index is 630. The van der Waals surface area contributed by atoms with E-state index in [2.05, 4.69) is 22.7 Å². The van der Waals surface area contributed by atoms with Crippen molar-refractivity contribution in [1.29, 1.82) is 0 Å². The number of hydrazine groups is 1. The van der Waals surface area contributed by atoms with Gasteiger partial charge in [0.15, 0.2) is 0 Å². The van der Waals surface area contributed by atoms with E-state index in [1.165, 1.54) is 0 Å². The summed E-state index contributed by atoms with van der Waals surface area (Å²) in [5.74, 6) is 5.27. The first-order chi connectivity index (χ1) is 9.63. The van der Waals surface area contributed by atoms with E-state index in [0.29, 0.717) is 11.5 Å². The molecule has 1 amide bonds. The number of rotatable bonds is 4. The highest BCUT2D eigenvalue weighted by Gasteiger charge is 2.13. The molecule has 1 heterocycles. The molecular formula is C14H15ClN4O. The topological polar surface area (TPSA) is 80.0 Å². The number of aryl methyl sites for hydroxylation is 1. The molecule has 1 aromatic carbocycles. The molecule has 0 aliphatic carbocycles. The van der Waals surface area contributed by atoms with Crippen molar-refractivity contribution in [3.63, 3.8) is 0 Å². The van der Waals surface area contributed by atoms with Gasteiger partial charge in [-0.25, -0.2) is 10.8 Å². The predicted molar refractivity (Wildman–Crippen MR) is 80.8 cm³/mol. The van der Waals surface area contributed by atoms with Gasteiger partial charge < -0.3 is 10.7 Å². The van der Waals surface area contributed by atoms with E-state index in [1.807, 2.05) is 24.3 Å². The summed E-state index contributed by atoms with van der Waals surface area (Å²) in [7, 11) is 0. The lowest BCUT2D eigenvalue weighted by Crippen LogP contribution is -2.16. The summed E-state index contributed by atoms with van der Waals surface area (Å²) < 4.78 is 0. The van der Waals surface area contributed by atoms with Crippen molar-refractivity contribution in [2.45, 2.75) is 13.3 Å². The van der Waals surface area contributed by atoms with E-state index in [9.17, 15) is 4.79 Å². The third kappa shape index (κ3) is 3.26. The summed E-state index contributed by atoms with van der Waals surface area (Å²) in [5.41, 5.74) is 4.36. The van der Waals surface area contributed by atoms with Crippen LogP contribution in [0.5, 0.6) is 0 Å². The van der Waals surface area contributed by atoms with Crippen LogP contribution in [0.15, 0.2) is 36.4 Å². The van der Waals surface area contributed by atoms with Crippen LogP contribution in [0.25, 0.3) is 0 Å². The van der Waals surface area contributed by atoms with Crippen molar-refractivity contribution in [3.05, 3.63) is 52.7 Å². The SMILES string of the molecule is CCc1cccc(NC(=O)c2nc(NN)ccc2Cl)c1. The van der Waals surface area contributed by atoms with Gasteiger partial charge in [0.05, 0.1) is 5.02 Å². The number of nitrogen functional groups attached to an aromatic ring is 1. The summed E-state index contributed by atoms with van der Waals surface area (Å²) in [6, 6.07) is 10.8. The molecule has 0 aliphatic heterocycles. The molecule has 0 fully saturated rings. The fourth-order valence-electron chi connectivity index (χ4n) is 1.74. The van der Waals surface area contributed by atoms with Crippen molar-refractivity contribution in [1.82, 2.24) is 4.98 Å². The second-order valence-electron chi connectivity index (χ2n) is 4.18. The zero-order chi connectivity index (χ0) is 14.5. The van der Waals surface area contributed by atoms with Gasteiger partial charge in [0.2, 0.25) is 0 Å². The van der Waals surface area contributed by atoms with Crippen molar-refractivity contribution < 1.29 is 4.79 Å². The molecule has 4 N–H and O–H groups in total. The molecule has 6 heteroatoms. The standard InChI is InChI=1S/C14H15ClN4O/c1-2-9-4-3-5-10(8-9)17-14(20)13-11(15)6-7-12(18-13)19-16/h3-8H,2,16H2,1H3,(H,17,20)(H,18,19). The fraction of sp³-hybridized carbons (Fsp3) is 0.143. The first kappa shape index (κ1) is 14.3. The summed E-state index contributed by atoms with van der Waals surface area (Å²) in [4.78, 5) is 16.2. The lowest BCUT2D eigenvalue weighted by molar-refractivity contribution is 0.102. The Morgan fingerprint density at radius 1 is 1.35 bits per heavy atom. The molecule has 0 atom stereocenters.